The highest BCUT2D eigenvalue weighted by Gasteiger charge is 2.01. The Morgan fingerprint density at radius 1 is 1.35 bits per heavy atom. The molecular weight excluding hydrogens is 240 g/mol. The maximum atomic E-state index is 10.4. The van der Waals surface area contributed by atoms with Gasteiger partial charge in [-0.2, -0.15) is 5.10 Å². The molecular formula is C12H11ClN2O2. The van der Waals surface area contributed by atoms with E-state index in [1.807, 2.05) is 24.3 Å². The smallest absolute Gasteiger partial charge is 0.303 e. The molecule has 0 aliphatic rings. The van der Waals surface area contributed by atoms with Gasteiger partial charge in [-0.05, 0) is 24.1 Å². The van der Waals surface area contributed by atoms with E-state index in [1.54, 1.807) is 17.1 Å². The number of rotatable bonds is 4. The zero-order valence-corrected chi connectivity index (χ0v) is 9.76. The number of carbonyl (C=O) groups is 1. The van der Waals surface area contributed by atoms with Gasteiger partial charge in [0.25, 0.3) is 0 Å². The van der Waals surface area contributed by atoms with Crippen molar-refractivity contribution in [3.05, 3.63) is 47.2 Å². The molecule has 2 rings (SSSR count). The molecule has 17 heavy (non-hydrogen) atoms. The van der Waals surface area contributed by atoms with Gasteiger partial charge in [-0.25, -0.2) is 4.68 Å². The normalized spacial score (nSPS) is 10.4. The lowest BCUT2D eigenvalue weighted by atomic mass is 10.1. The molecule has 0 unspecified atom stereocenters. The summed E-state index contributed by atoms with van der Waals surface area (Å²) in [7, 11) is 0. The second-order valence-electron chi connectivity index (χ2n) is 3.66. The summed E-state index contributed by atoms with van der Waals surface area (Å²) in [5.41, 5.74) is 1.89. The van der Waals surface area contributed by atoms with Gasteiger partial charge >= 0.3 is 5.97 Å². The van der Waals surface area contributed by atoms with Crippen LogP contribution in [0.4, 0.5) is 0 Å². The average molecular weight is 251 g/mol. The van der Waals surface area contributed by atoms with Gasteiger partial charge in [0.15, 0.2) is 0 Å². The zero-order chi connectivity index (χ0) is 12.3. The van der Waals surface area contributed by atoms with Gasteiger partial charge in [0.05, 0.1) is 16.9 Å². The summed E-state index contributed by atoms with van der Waals surface area (Å²) >= 11 is 5.78. The van der Waals surface area contributed by atoms with Crippen LogP contribution in [0, 0.1) is 0 Å². The van der Waals surface area contributed by atoms with E-state index < -0.39 is 5.97 Å². The largest absolute Gasteiger partial charge is 0.481 e. The highest BCUT2D eigenvalue weighted by atomic mass is 35.5. The predicted octanol–water partition coefficient (Wildman–Crippen LogP) is 2.54. The summed E-state index contributed by atoms with van der Waals surface area (Å²) in [6.45, 7) is 0. The molecule has 0 bridgehead atoms. The van der Waals surface area contributed by atoms with Crippen LogP contribution in [0.1, 0.15) is 12.0 Å². The highest BCUT2D eigenvalue weighted by molar-refractivity contribution is 6.30. The molecule has 1 N–H and O–H groups in total. The number of carboxylic acid groups (broad SMARTS) is 1. The summed E-state index contributed by atoms with van der Waals surface area (Å²) in [5, 5.41) is 13.2. The molecule has 0 saturated carbocycles. The lowest BCUT2D eigenvalue weighted by Crippen LogP contribution is -1.98. The molecule has 4 nitrogen and oxygen atoms in total. The minimum absolute atomic E-state index is 0.146. The molecule has 0 radical (unpaired) electrons. The van der Waals surface area contributed by atoms with E-state index in [9.17, 15) is 4.79 Å². The first-order valence-corrected chi connectivity index (χ1v) is 5.54. The van der Waals surface area contributed by atoms with Gasteiger partial charge in [-0.3, -0.25) is 4.79 Å². The molecule has 1 aromatic heterocycles. The van der Waals surface area contributed by atoms with Crippen molar-refractivity contribution >= 4 is 17.6 Å². The monoisotopic (exact) mass is 250 g/mol. The van der Waals surface area contributed by atoms with Crippen LogP contribution in [0.5, 0.6) is 0 Å². The number of aromatic nitrogens is 2. The van der Waals surface area contributed by atoms with Crippen LogP contribution in [-0.4, -0.2) is 20.9 Å². The maximum absolute atomic E-state index is 10.4. The van der Waals surface area contributed by atoms with Gasteiger partial charge < -0.3 is 5.11 Å². The fourth-order valence-electron chi connectivity index (χ4n) is 1.51. The van der Waals surface area contributed by atoms with Crippen LogP contribution >= 0.6 is 11.6 Å². The van der Waals surface area contributed by atoms with E-state index in [2.05, 4.69) is 5.10 Å². The van der Waals surface area contributed by atoms with Gasteiger partial charge in [0, 0.05) is 12.6 Å². The number of benzene rings is 1. The molecule has 0 saturated heterocycles. The quantitative estimate of drug-likeness (QED) is 0.907. The van der Waals surface area contributed by atoms with E-state index >= 15 is 0 Å². The topological polar surface area (TPSA) is 55.1 Å². The Bertz CT molecular complexity index is 520. The van der Waals surface area contributed by atoms with Crippen molar-refractivity contribution in [2.24, 2.45) is 0 Å². The molecule has 0 atom stereocenters. The summed E-state index contributed by atoms with van der Waals surface area (Å²) in [6, 6.07) is 7.57. The summed E-state index contributed by atoms with van der Waals surface area (Å²) in [6.07, 6.45) is 3.97. The molecule has 0 spiro atoms. The van der Waals surface area contributed by atoms with E-state index in [-0.39, 0.29) is 6.42 Å². The third kappa shape index (κ3) is 3.07. The van der Waals surface area contributed by atoms with Crippen LogP contribution in [-0.2, 0) is 11.2 Å². The van der Waals surface area contributed by atoms with Gasteiger partial charge in [0.1, 0.15) is 0 Å². The summed E-state index contributed by atoms with van der Waals surface area (Å²) in [4.78, 5) is 10.4. The third-order valence-corrected chi connectivity index (χ3v) is 2.57. The van der Waals surface area contributed by atoms with Crippen molar-refractivity contribution in [3.8, 4) is 5.69 Å². The summed E-state index contributed by atoms with van der Waals surface area (Å²) < 4.78 is 1.67. The number of carboxylic acids is 1. The highest BCUT2D eigenvalue weighted by Crippen LogP contribution is 2.13. The molecule has 0 fully saturated rings. The minimum Gasteiger partial charge on any atom is -0.481 e. The zero-order valence-electron chi connectivity index (χ0n) is 9.01. The number of aliphatic carboxylic acids is 1. The number of hydrogen-bond acceptors (Lipinski definition) is 2. The molecule has 0 aliphatic carbocycles. The molecule has 88 valence electrons. The van der Waals surface area contributed by atoms with Crippen molar-refractivity contribution in [2.75, 3.05) is 0 Å². The molecule has 1 heterocycles. The molecule has 1 aromatic carbocycles. The van der Waals surface area contributed by atoms with Crippen molar-refractivity contribution < 1.29 is 9.90 Å². The van der Waals surface area contributed by atoms with Crippen LogP contribution < -0.4 is 0 Å². The first-order valence-electron chi connectivity index (χ1n) is 5.16. The Balaban J connectivity index is 2.10. The second kappa shape index (κ2) is 5.01. The Kier molecular flexibility index (Phi) is 3.44. The SMILES string of the molecule is O=C(O)CCc1ccc(-n2cc(Cl)cn2)cc1. The van der Waals surface area contributed by atoms with Gasteiger partial charge in [-0.1, -0.05) is 23.7 Å². The van der Waals surface area contributed by atoms with Crippen LogP contribution in [0.2, 0.25) is 5.02 Å². The maximum Gasteiger partial charge on any atom is 0.303 e. The predicted molar refractivity (Wildman–Crippen MR) is 64.5 cm³/mol. The number of nitrogens with zero attached hydrogens (tertiary/aromatic N) is 2. The Labute approximate surface area is 103 Å². The number of hydrogen-bond donors (Lipinski definition) is 1. The van der Waals surface area contributed by atoms with Crippen molar-refractivity contribution in [2.45, 2.75) is 12.8 Å². The van der Waals surface area contributed by atoms with Crippen molar-refractivity contribution in [3.63, 3.8) is 0 Å². The minimum atomic E-state index is -0.784. The molecule has 0 aliphatic heterocycles. The van der Waals surface area contributed by atoms with E-state index in [0.717, 1.165) is 11.3 Å². The van der Waals surface area contributed by atoms with Crippen molar-refractivity contribution in [1.29, 1.82) is 0 Å². The van der Waals surface area contributed by atoms with E-state index in [1.165, 1.54) is 0 Å². The second-order valence-corrected chi connectivity index (χ2v) is 4.10. The van der Waals surface area contributed by atoms with Crippen molar-refractivity contribution in [1.82, 2.24) is 9.78 Å². The Morgan fingerprint density at radius 3 is 2.59 bits per heavy atom. The fraction of sp³-hybridized carbons (Fsp3) is 0.167. The molecule has 0 amide bonds. The van der Waals surface area contributed by atoms with E-state index in [0.29, 0.717) is 11.4 Å². The van der Waals surface area contributed by atoms with Crippen LogP contribution in [0.25, 0.3) is 5.69 Å². The fourth-order valence-corrected chi connectivity index (χ4v) is 1.64. The Hall–Kier alpha value is -1.81. The lowest BCUT2D eigenvalue weighted by molar-refractivity contribution is -0.136. The lowest BCUT2D eigenvalue weighted by Gasteiger charge is -2.03. The van der Waals surface area contributed by atoms with E-state index in [4.69, 9.17) is 16.7 Å². The number of aryl methyl sites for hydroxylation is 1. The summed E-state index contributed by atoms with van der Waals surface area (Å²) in [5.74, 6) is -0.784. The van der Waals surface area contributed by atoms with Gasteiger partial charge in [-0.15, -0.1) is 0 Å². The standard InChI is InChI=1S/C12H11ClN2O2/c13-10-7-14-15(8-10)11-4-1-9(2-5-11)3-6-12(16)17/h1-2,4-5,7-8H,3,6H2,(H,16,17). The molecule has 5 heteroatoms. The first kappa shape index (κ1) is 11.7. The molecule has 2 aromatic rings. The van der Waals surface area contributed by atoms with Gasteiger partial charge in [0.2, 0.25) is 0 Å². The third-order valence-electron chi connectivity index (χ3n) is 2.38. The van der Waals surface area contributed by atoms with Crippen LogP contribution in [0.3, 0.4) is 0 Å². The Morgan fingerprint density at radius 2 is 2.06 bits per heavy atom. The first-order chi connectivity index (χ1) is 8.15. The average Bonchev–Trinajstić information content (AvgIpc) is 2.74. The number of halogens is 1. The van der Waals surface area contributed by atoms with Crippen LogP contribution in [0.15, 0.2) is 36.7 Å².